The first-order chi connectivity index (χ1) is 11.8. The van der Waals surface area contributed by atoms with Crippen LogP contribution in [0, 0.1) is 6.92 Å². The molecule has 134 valence electrons. The summed E-state index contributed by atoms with van der Waals surface area (Å²) in [7, 11) is -2.31. The molecular formula is C17H20N2O4S2. The normalized spacial score (nSPS) is 11.6. The van der Waals surface area contributed by atoms with E-state index in [2.05, 4.69) is 4.98 Å². The first kappa shape index (κ1) is 19.1. The van der Waals surface area contributed by atoms with Crippen molar-refractivity contribution in [2.24, 2.45) is 0 Å². The second kappa shape index (κ2) is 8.26. The lowest BCUT2D eigenvalue weighted by Crippen LogP contribution is -2.32. The Morgan fingerprint density at radius 2 is 2.08 bits per heavy atom. The van der Waals surface area contributed by atoms with E-state index in [1.165, 1.54) is 20.0 Å². The van der Waals surface area contributed by atoms with E-state index in [0.29, 0.717) is 17.9 Å². The van der Waals surface area contributed by atoms with E-state index in [4.69, 9.17) is 4.74 Å². The molecule has 2 rings (SSSR count). The maximum absolute atomic E-state index is 12.0. The number of ether oxygens (including phenoxy) is 1. The number of hydrogen-bond acceptors (Lipinski definition) is 6. The number of hydrogen-bond donors (Lipinski definition) is 0. The van der Waals surface area contributed by atoms with Crippen molar-refractivity contribution >= 4 is 33.3 Å². The Hall–Kier alpha value is -2.19. The van der Waals surface area contributed by atoms with Crippen LogP contribution in [-0.4, -0.2) is 36.4 Å². The monoisotopic (exact) mass is 380 g/mol. The molecule has 0 fully saturated rings. The minimum atomic E-state index is -3.56. The number of carbonyl (C=O) groups is 1. The Labute approximate surface area is 151 Å². The molecule has 0 unspecified atom stereocenters. The van der Waals surface area contributed by atoms with Crippen LogP contribution >= 0.6 is 11.3 Å². The zero-order chi connectivity index (χ0) is 18.4. The van der Waals surface area contributed by atoms with Gasteiger partial charge in [0.15, 0.2) is 0 Å². The van der Waals surface area contributed by atoms with E-state index in [0.717, 1.165) is 15.0 Å². The number of likely N-dealkylation sites (N-methyl/N-ethyl adjacent to an activating group) is 1. The van der Waals surface area contributed by atoms with Crippen molar-refractivity contribution in [3.8, 4) is 5.75 Å². The van der Waals surface area contributed by atoms with Gasteiger partial charge in [0, 0.05) is 24.1 Å². The molecular weight excluding hydrogens is 360 g/mol. The van der Waals surface area contributed by atoms with Gasteiger partial charge >= 0.3 is 0 Å². The van der Waals surface area contributed by atoms with Gasteiger partial charge in [-0.15, -0.1) is 11.3 Å². The lowest BCUT2D eigenvalue weighted by atomic mass is 10.2. The van der Waals surface area contributed by atoms with Crippen molar-refractivity contribution in [2.45, 2.75) is 20.5 Å². The third-order valence-electron chi connectivity index (χ3n) is 3.46. The molecule has 0 radical (unpaired) electrons. The molecule has 8 heteroatoms. The summed E-state index contributed by atoms with van der Waals surface area (Å²) in [4.78, 5) is 16.4. The molecule has 1 aromatic heterocycles. The molecule has 6 nitrogen and oxygen atoms in total. The number of aromatic nitrogens is 1. The second-order valence-corrected chi connectivity index (χ2v) is 8.58. The third-order valence-corrected chi connectivity index (χ3v) is 6.03. The number of carbonyl (C=O) groups excluding carboxylic acids is 1. The summed E-state index contributed by atoms with van der Waals surface area (Å²) in [5, 5.41) is 2.90. The Kier molecular flexibility index (Phi) is 6.33. The maximum Gasteiger partial charge on any atom is 0.259 e. The number of para-hydroxylation sites is 1. The van der Waals surface area contributed by atoms with Crippen molar-refractivity contribution in [1.82, 2.24) is 9.29 Å². The van der Waals surface area contributed by atoms with E-state index in [1.54, 1.807) is 29.5 Å². The summed E-state index contributed by atoms with van der Waals surface area (Å²) in [5.74, 6) is -0.138. The van der Waals surface area contributed by atoms with Gasteiger partial charge < -0.3 is 4.74 Å². The number of sulfonamides is 1. The molecule has 1 aromatic carbocycles. The molecule has 0 saturated heterocycles. The summed E-state index contributed by atoms with van der Waals surface area (Å²) in [6.07, 6.45) is 2.77. The molecule has 0 spiro atoms. The summed E-state index contributed by atoms with van der Waals surface area (Å²) in [5.41, 5.74) is 1.52. The van der Waals surface area contributed by atoms with Crippen LogP contribution in [0.1, 0.15) is 23.2 Å². The van der Waals surface area contributed by atoms with Crippen molar-refractivity contribution in [1.29, 1.82) is 0 Å². The van der Waals surface area contributed by atoms with Crippen LogP contribution in [0.2, 0.25) is 0 Å². The highest BCUT2D eigenvalue weighted by atomic mass is 32.2. The molecule has 0 saturated carbocycles. The Bertz CT molecular complexity index is 872. The highest BCUT2D eigenvalue weighted by Crippen LogP contribution is 2.21. The summed E-state index contributed by atoms with van der Waals surface area (Å²) in [6.45, 7) is 3.75. The summed E-state index contributed by atoms with van der Waals surface area (Å²) >= 11 is 1.55. The van der Waals surface area contributed by atoms with Crippen LogP contribution in [0.3, 0.4) is 0 Å². The second-order valence-electron chi connectivity index (χ2n) is 5.22. The minimum absolute atomic E-state index is 0.129. The molecule has 1 heterocycles. The van der Waals surface area contributed by atoms with Crippen LogP contribution in [-0.2, 0) is 21.4 Å². The van der Waals surface area contributed by atoms with Crippen molar-refractivity contribution in [3.63, 3.8) is 0 Å². The van der Waals surface area contributed by atoms with Gasteiger partial charge in [-0.25, -0.2) is 17.7 Å². The zero-order valence-electron chi connectivity index (χ0n) is 14.3. The molecule has 0 bridgehead atoms. The number of aryl methyl sites for hydroxylation is 1. The van der Waals surface area contributed by atoms with Gasteiger partial charge in [0.1, 0.15) is 12.4 Å². The fraction of sp³-hybridized carbons (Fsp3) is 0.294. The van der Waals surface area contributed by atoms with Gasteiger partial charge in [0.2, 0.25) is 10.0 Å². The number of nitrogens with zero attached hydrogens (tertiary/aromatic N) is 2. The van der Waals surface area contributed by atoms with Crippen LogP contribution in [0.4, 0.5) is 0 Å². The van der Waals surface area contributed by atoms with E-state index in [9.17, 15) is 13.2 Å². The van der Waals surface area contributed by atoms with Crippen molar-refractivity contribution in [3.05, 3.63) is 52.0 Å². The van der Waals surface area contributed by atoms with Gasteiger partial charge in [-0.05, 0) is 26.0 Å². The number of amides is 1. The van der Waals surface area contributed by atoms with Crippen LogP contribution in [0.25, 0.3) is 6.08 Å². The fourth-order valence-electron chi connectivity index (χ4n) is 1.97. The predicted molar refractivity (Wildman–Crippen MR) is 98.9 cm³/mol. The smallest absolute Gasteiger partial charge is 0.259 e. The molecule has 1 amide bonds. The van der Waals surface area contributed by atoms with E-state index in [-0.39, 0.29) is 5.75 Å². The molecule has 0 aliphatic carbocycles. The highest BCUT2D eigenvalue weighted by molar-refractivity contribution is 7.89. The van der Waals surface area contributed by atoms with Crippen LogP contribution in [0.5, 0.6) is 5.75 Å². The molecule has 0 aliphatic rings. The Balaban J connectivity index is 2.10. The maximum atomic E-state index is 12.0. The topological polar surface area (TPSA) is 76.6 Å². The van der Waals surface area contributed by atoms with Crippen molar-refractivity contribution in [2.75, 3.05) is 12.8 Å². The fourth-order valence-corrected chi connectivity index (χ4v) is 3.29. The molecule has 0 N–H and O–H groups in total. The standard InChI is InChI=1S/C17H20N2O4S2/c1-4-25(21,22)19(3)17(20)10-9-14-7-5-6-8-16(14)23-11-15-12-24-13(2)18-15/h5-10,12H,4,11H2,1-3H3. The quantitative estimate of drug-likeness (QED) is 0.691. The Morgan fingerprint density at radius 3 is 2.72 bits per heavy atom. The summed E-state index contributed by atoms with van der Waals surface area (Å²) in [6, 6.07) is 7.22. The average Bonchev–Trinajstić information content (AvgIpc) is 3.03. The highest BCUT2D eigenvalue weighted by Gasteiger charge is 2.18. The number of rotatable bonds is 7. The zero-order valence-corrected chi connectivity index (χ0v) is 15.9. The number of thiazole rings is 1. The minimum Gasteiger partial charge on any atom is -0.487 e. The van der Waals surface area contributed by atoms with Gasteiger partial charge in [0.25, 0.3) is 5.91 Å². The van der Waals surface area contributed by atoms with Gasteiger partial charge in [-0.1, -0.05) is 18.2 Å². The van der Waals surface area contributed by atoms with E-state index >= 15 is 0 Å². The Morgan fingerprint density at radius 1 is 1.36 bits per heavy atom. The molecule has 0 aliphatic heterocycles. The molecule has 2 aromatic rings. The van der Waals surface area contributed by atoms with Crippen LogP contribution in [0.15, 0.2) is 35.7 Å². The average molecular weight is 380 g/mol. The van der Waals surface area contributed by atoms with Gasteiger partial charge in [0.05, 0.1) is 16.5 Å². The van der Waals surface area contributed by atoms with Gasteiger partial charge in [-0.3, -0.25) is 4.79 Å². The SMILES string of the molecule is CCS(=O)(=O)N(C)C(=O)C=Cc1ccccc1OCc1csc(C)n1. The summed E-state index contributed by atoms with van der Waals surface area (Å²) < 4.78 is 30.0. The molecule has 0 atom stereocenters. The van der Waals surface area contributed by atoms with E-state index < -0.39 is 15.9 Å². The molecule has 25 heavy (non-hydrogen) atoms. The van der Waals surface area contributed by atoms with Gasteiger partial charge in [-0.2, -0.15) is 0 Å². The first-order valence-corrected chi connectivity index (χ1v) is 10.1. The van der Waals surface area contributed by atoms with Crippen molar-refractivity contribution < 1.29 is 17.9 Å². The third kappa shape index (κ3) is 5.14. The largest absolute Gasteiger partial charge is 0.487 e. The van der Waals surface area contributed by atoms with Crippen LogP contribution < -0.4 is 4.74 Å². The first-order valence-electron chi connectivity index (χ1n) is 7.65. The predicted octanol–water partition coefficient (Wildman–Crippen LogP) is 2.85. The lowest BCUT2D eigenvalue weighted by molar-refractivity contribution is -0.120. The lowest BCUT2D eigenvalue weighted by Gasteiger charge is -2.14. The number of benzene rings is 1. The van der Waals surface area contributed by atoms with E-state index in [1.807, 2.05) is 24.4 Å².